The standard InChI is InChI=1S/C12H15BrFNO2/c1-17-12(16)3-2-6-15-8-9-7-10(14)4-5-11(9)13/h4-5,7,15H,2-3,6,8H2,1H3. The Morgan fingerprint density at radius 3 is 3.00 bits per heavy atom. The van der Waals surface area contributed by atoms with Gasteiger partial charge in [-0.3, -0.25) is 4.79 Å². The van der Waals surface area contributed by atoms with Gasteiger partial charge in [0.2, 0.25) is 0 Å². The first-order chi connectivity index (χ1) is 8.13. The molecule has 0 heterocycles. The number of benzene rings is 1. The third kappa shape index (κ3) is 5.28. The molecule has 17 heavy (non-hydrogen) atoms. The Morgan fingerprint density at radius 1 is 1.53 bits per heavy atom. The van der Waals surface area contributed by atoms with Gasteiger partial charge in [-0.1, -0.05) is 15.9 Å². The van der Waals surface area contributed by atoms with Crippen LogP contribution >= 0.6 is 15.9 Å². The molecule has 5 heteroatoms. The fourth-order valence-corrected chi connectivity index (χ4v) is 1.75. The number of carbonyl (C=O) groups excluding carboxylic acids is 1. The van der Waals surface area contributed by atoms with Crippen LogP contribution in [0, 0.1) is 5.82 Å². The highest BCUT2D eigenvalue weighted by atomic mass is 79.9. The van der Waals surface area contributed by atoms with Crippen molar-refractivity contribution in [3.63, 3.8) is 0 Å². The van der Waals surface area contributed by atoms with Crippen molar-refractivity contribution in [3.8, 4) is 0 Å². The molecule has 0 aliphatic heterocycles. The quantitative estimate of drug-likeness (QED) is 0.648. The number of carbonyl (C=O) groups is 1. The molecule has 0 amide bonds. The molecule has 1 aromatic rings. The average Bonchev–Trinajstić information content (AvgIpc) is 2.32. The number of rotatable bonds is 6. The summed E-state index contributed by atoms with van der Waals surface area (Å²) >= 11 is 3.35. The molecule has 0 aromatic heterocycles. The first kappa shape index (κ1) is 14.1. The lowest BCUT2D eigenvalue weighted by molar-refractivity contribution is -0.140. The van der Waals surface area contributed by atoms with Crippen LogP contribution in [0.4, 0.5) is 4.39 Å². The van der Waals surface area contributed by atoms with Crippen molar-refractivity contribution in [2.24, 2.45) is 0 Å². The Bertz CT molecular complexity index is 385. The fourth-order valence-electron chi connectivity index (χ4n) is 1.36. The smallest absolute Gasteiger partial charge is 0.305 e. The fraction of sp³-hybridized carbons (Fsp3) is 0.417. The molecule has 0 bridgehead atoms. The van der Waals surface area contributed by atoms with Crippen LogP contribution in [0.1, 0.15) is 18.4 Å². The third-order valence-corrected chi connectivity index (χ3v) is 3.06. The van der Waals surface area contributed by atoms with Gasteiger partial charge >= 0.3 is 5.97 Å². The van der Waals surface area contributed by atoms with E-state index in [4.69, 9.17) is 0 Å². The molecule has 1 rings (SSSR count). The van der Waals surface area contributed by atoms with Crippen molar-refractivity contribution < 1.29 is 13.9 Å². The van der Waals surface area contributed by atoms with E-state index in [0.29, 0.717) is 25.9 Å². The number of esters is 1. The summed E-state index contributed by atoms with van der Waals surface area (Å²) < 4.78 is 18.4. The second kappa shape index (κ2) is 7.40. The highest BCUT2D eigenvalue weighted by molar-refractivity contribution is 9.10. The summed E-state index contributed by atoms with van der Waals surface area (Å²) in [5.74, 6) is -0.460. The van der Waals surface area contributed by atoms with Crippen LogP contribution in [0.2, 0.25) is 0 Å². The molecular formula is C12H15BrFNO2. The first-order valence-corrected chi connectivity index (χ1v) is 6.14. The second-order valence-electron chi connectivity index (χ2n) is 3.59. The summed E-state index contributed by atoms with van der Waals surface area (Å²) in [5, 5.41) is 3.14. The minimum Gasteiger partial charge on any atom is -0.469 e. The number of hydrogen-bond acceptors (Lipinski definition) is 3. The average molecular weight is 304 g/mol. The molecule has 0 spiro atoms. The van der Waals surface area contributed by atoms with Crippen LogP contribution in [-0.2, 0) is 16.1 Å². The highest BCUT2D eigenvalue weighted by Crippen LogP contribution is 2.17. The van der Waals surface area contributed by atoms with Gasteiger partial charge < -0.3 is 10.1 Å². The molecule has 0 atom stereocenters. The van der Waals surface area contributed by atoms with E-state index in [0.717, 1.165) is 10.0 Å². The van der Waals surface area contributed by atoms with Gasteiger partial charge in [0.15, 0.2) is 0 Å². The predicted octanol–water partition coefficient (Wildman–Crippen LogP) is 2.63. The van der Waals surface area contributed by atoms with E-state index in [-0.39, 0.29) is 11.8 Å². The van der Waals surface area contributed by atoms with Gasteiger partial charge in [0.25, 0.3) is 0 Å². The van der Waals surface area contributed by atoms with Gasteiger partial charge in [0, 0.05) is 17.4 Å². The Morgan fingerprint density at radius 2 is 2.29 bits per heavy atom. The summed E-state index contributed by atoms with van der Waals surface area (Å²) in [6.07, 6.45) is 1.10. The zero-order chi connectivity index (χ0) is 12.7. The molecular weight excluding hydrogens is 289 g/mol. The van der Waals surface area contributed by atoms with Crippen LogP contribution < -0.4 is 5.32 Å². The predicted molar refractivity (Wildman–Crippen MR) is 67.1 cm³/mol. The van der Waals surface area contributed by atoms with Gasteiger partial charge in [-0.05, 0) is 36.7 Å². The van der Waals surface area contributed by atoms with Crippen LogP contribution in [0.25, 0.3) is 0 Å². The monoisotopic (exact) mass is 303 g/mol. The van der Waals surface area contributed by atoms with E-state index in [1.165, 1.54) is 19.2 Å². The zero-order valence-electron chi connectivity index (χ0n) is 9.63. The van der Waals surface area contributed by atoms with Crippen molar-refractivity contribution in [3.05, 3.63) is 34.1 Å². The van der Waals surface area contributed by atoms with Crippen LogP contribution in [0.5, 0.6) is 0 Å². The molecule has 0 fully saturated rings. The number of nitrogens with one attached hydrogen (secondary N) is 1. The van der Waals surface area contributed by atoms with Crippen molar-refractivity contribution in [2.75, 3.05) is 13.7 Å². The van der Waals surface area contributed by atoms with Crippen molar-refractivity contribution in [2.45, 2.75) is 19.4 Å². The summed E-state index contributed by atoms with van der Waals surface area (Å²) in [5.41, 5.74) is 0.864. The molecule has 0 unspecified atom stereocenters. The topological polar surface area (TPSA) is 38.3 Å². The lowest BCUT2D eigenvalue weighted by Crippen LogP contribution is -2.16. The zero-order valence-corrected chi connectivity index (χ0v) is 11.2. The largest absolute Gasteiger partial charge is 0.469 e. The molecule has 0 aliphatic rings. The summed E-state index contributed by atoms with van der Waals surface area (Å²) in [6.45, 7) is 1.26. The maximum Gasteiger partial charge on any atom is 0.305 e. The number of methoxy groups -OCH3 is 1. The maximum absolute atomic E-state index is 13.0. The second-order valence-corrected chi connectivity index (χ2v) is 4.45. The number of ether oxygens (including phenoxy) is 1. The van der Waals surface area contributed by atoms with E-state index in [1.807, 2.05) is 0 Å². The molecule has 0 aliphatic carbocycles. The Balaban J connectivity index is 2.26. The Labute approximate surface area is 108 Å². The van der Waals surface area contributed by atoms with Gasteiger partial charge in [-0.25, -0.2) is 4.39 Å². The van der Waals surface area contributed by atoms with Crippen molar-refractivity contribution >= 4 is 21.9 Å². The molecule has 1 aromatic carbocycles. The summed E-state index contributed by atoms with van der Waals surface area (Å²) in [7, 11) is 1.37. The molecule has 3 nitrogen and oxygen atoms in total. The third-order valence-electron chi connectivity index (χ3n) is 2.29. The minimum atomic E-state index is -0.250. The lowest BCUT2D eigenvalue weighted by Gasteiger charge is -2.06. The van der Waals surface area contributed by atoms with Crippen molar-refractivity contribution in [1.29, 1.82) is 0 Å². The number of halogens is 2. The van der Waals surface area contributed by atoms with E-state index in [9.17, 15) is 9.18 Å². The normalized spacial score (nSPS) is 10.3. The van der Waals surface area contributed by atoms with Crippen LogP contribution in [0.3, 0.4) is 0 Å². The molecule has 94 valence electrons. The van der Waals surface area contributed by atoms with E-state index >= 15 is 0 Å². The van der Waals surface area contributed by atoms with Gasteiger partial charge in [0.1, 0.15) is 5.82 Å². The van der Waals surface area contributed by atoms with Gasteiger partial charge in [0.05, 0.1) is 7.11 Å². The molecule has 0 saturated heterocycles. The van der Waals surface area contributed by atoms with E-state index < -0.39 is 0 Å². The van der Waals surface area contributed by atoms with E-state index in [2.05, 4.69) is 26.0 Å². The molecule has 1 N–H and O–H groups in total. The SMILES string of the molecule is COC(=O)CCCNCc1cc(F)ccc1Br. The van der Waals surface area contributed by atoms with Crippen LogP contribution in [-0.4, -0.2) is 19.6 Å². The minimum absolute atomic E-state index is 0.210. The highest BCUT2D eigenvalue weighted by Gasteiger charge is 2.02. The van der Waals surface area contributed by atoms with Gasteiger partial charge in [-0.2, -0.15) is 0 Å². The number of hydrogen-bond donors (Lipinski definition) is 1. The molecule has 0 saturated carbocycles. The summed E-state index contributed by atoms with van der Waals surface area (Å²) in [6, 6.07) is 4.57. The van der Waals surface area contributed by atoms with Crippen molar-refractivity contribution in [1.82, 2.24) is 5.32 Å². The van der Waals surface area contributed by atoms with E-state index in [1.54, 1.807) is 6.07 Å². The maximum atomic E-state index is 13.0. The lowest BCUT2D eigenvalue weighted by atomic mass is 10.2. The Kier molecular flexibility index (Phi) is 6.15. The first-order valence-electron chi connectivity index (χ1n) is 5.35. The summed E-state index contributed by atoms with van der Waals surface area (Å²) in [4.78, 5) is 10.8. The molecule has 0 radical (unpaired) electrons. The van der Waals surface area contributed by atoms with Crippen LogP contribution in [0.15, 0.2) is 22.7 Å². The van der Waals surface area contributed by atoms with Gasteiger partial charge in [-0.15, -0.1) is 0 Å². The Hall–Kier alpha value is -0.940.